The van der Waals surface area contributed by atoms with E-state index in [0.717, 1.165) is 91.6 Å². The standard InChI is InChI=1S/C30H42N8O3/c1-4-10-32-29(31)21(2)37(3)18-22-6-9-25-28(41-20-35-25)27(22)36-30-24-8-7-23(17-26(24)33-19-34-30)40-14-5-11-38-12-15-39-16-13-38/h6-9,17,19,21,35H,4-5,10-16,18,20H2,1-3H3,(H2,31,32)(H,33,34,36). The number of hydrogen-bond donors (Lipinski definition) is 3. The number of anilines is 3. The molecule has 2 aliphatic heterocycles. The normalized spacial score (nSPS) is 16.3. The van der Waals surface area contributed by atoms with Crippen molar-refractivity contribution in [2.75, 3.05) is 70.4 Å². The summed E-state index contributed by atoms with van der Waals surface area (Å²) in [6.07, 6.45) is 3.51. The Hall–Kier alpha value is -3.67. The van der Waals surface area contributed by atoms with Crippen molar-refractivity contribution in [1.82, 2.24) is 19.8 Å². The zero-order chi connectivity index (χ0) is 28.6. The summed E-state index contributed by atoms with van der Waals surface area (Å²) in [6.45, 7) is 11.3. The zero-order valence-electron chi connectivity index (χ0n) is 24.4. The highest BCUT2D eigenvalue weighted by atomic mass is 16.5. The Balaban J connectivity index is 1.31. The maximum atomic E-state index is 6.28. The SMILES string of the molecule is CCCN=C(N)C(C)N(C)Cc1ccc2c(c1Nc1ncnc3cc(OCCCN4CCOCC4)ccc13)OCN2. The van der Waals surface area contributed by atoms with Crippen molar-refractivity contribution in [3.05, 3.63) is 42.2 Å². The van der Waals surface area contributed by atoms with Crippen molar-refractivity contribution in [1.29, 1.82) is 0 Å². The molecule has 1 atom stereocenters. The number of morpholine rings is 1. The van der Waals surface area contributed by atoms with Crippen LogP contribution in [-0.2, 0) is 11.3 Å². The van der Waals surface area contributed by atoms with E-state index in [0.29, 0.717) is 31.5 Å². The van der Waals surface area contributed by atoms with E-state index in [1.165, 1.54) is 0 Å². The van der Waals surface area contributed by atoms with Gasteiger partial charge in [0.05, 0.1) is 42.8 Å². The van der Waals surface area contributed by atoms with E-state index < -0.39 is 0 Å². The van der Waals surface area contributed by atoms with E-state index in [4.69, 9.17) is 19.9 Å². The zero-order valence-corrected chi connectivity index (χ0v) is 24.4. The molecule has 0 bridgehead atoms. The summed E-state index contributed by atoms with van der Waals surface area (Å²) in [5.74, 6) is 2.93. The summed E-state index contributed by atoms with van der Waals surface area (Å²) in [5, 5.41) is 7.76. The van der Waals surface area contributed by atoms with Gasteiger partial charge in [0.1, 0.15) is 23.7 Å². The number of nitrogens with two attached hydrogens (primary N) is 1. The Morgan fingerprint density at radius 2 is 2.10 bits per heavy atom. The van der Waals surface area contributed by atoms with Gasteiger partial charge < -0.3 is 30.6 Å². The van der Waals surface area contributed by atoms with E-state index in [-0.39, 0.29) is 6.04 Å². The molecular formula is C30H42N8O3. The predicted octanol–water partition coefficient (Wildman–Crippen LogP) is 3.82. The van der Waals surface area contributed by atoms with Crippen molar-refractivity contribution < 1.29 is 14.2 Å². The molecule has 1 fully saturated rings. The number of aromatic nitrogens is 2. The second kappa shape index (κ2) is 13.8. The van der Waals surface area contributed by atoms with E-state index in [9.17, 15) is 0 Å². The third kappa shape index (κ3) is 7.16. The smallest absolute Gasteiger partial charge is 0.168 e. The topological polar surface area (TPSA) is 122 Å². The molecule has 41 heavy (non-hydrogen) atoms. The number of nitrogens with zero attached hydrogens (tertiary/aromatic N) is 5. The van der Waals surface area contributed by atoms with Gasteiger partial charge in [-0.15, -0.1) is 0 Å². The van der Waals surface area contributed by atoms with Crippen LogP contribution in [0.2, 0.25) is 0 Å². The van der Waals surface area contributed by atoms with Crippen molar-refractivity contribution in [3.8, 4) is 11.5 Å². The average molecular weight is 563 g/mol. The Bertz CT molecular complexity index is 1340. The minimum absolute atomic E-state index is 0.00568. The molecule has 0 saturated carbocycles. The molecule has 1 saturated heterocycles. The minimum Gasteiger partial charge on any atom is -0.493 e. The highest BCUT2D eigenvalue weighted by molar-refractivity contribution is 5.93. The van der Waals surface area contributed by atoms with E-state index in [2.05, 4.69) is 68.4 Å². The summed E-state index contributed by atoms with van der Waals surface area (Å²) in [5.41, 5.74) is 9.98. The van der Waals surface area contributed by atoms with Crippen LogP contribution in [0.5, 0.6) is 11.5 Å². The fourth-order valence-electron chi connectivity index (χ4n) is 5.02. The van der Waals surface area contributed by atoms with Crippen LogP contribution in [0.3, 0.4) is 0 Å². The molecule has 2 aromatic carbocycles. The molecule has 4 N–H and O–H groups in total. The van der Waals surface area contributed by atoms with Crippen LogP contribution >= 0.6 is 0 Å². The van der Waals surface area contributed by atoms with E-state index in [1.807, 2.05) is 18.2 Å². The Morgan fingerprint density at radius 1 is 1.24 bits per heavy atom. The van der Waals surface area contributed by atoms with Gasteiger partial charge in [-0.3, -0.25) is 14.8 Å². The summed E-state index contributed by atoms with van der Waals surface area (Å²) in [4.78, 5) is 18.2. The van der Waals surface area contributed by atoms with Gasteiger partial charge in [-0.1, -0.05) is 13.0 Å². The van der Waals surface area contributed by atoms with Crippen LogP contribution < -0.4 is 25.8 Å². The molecule has 1 aromatic heterocycles. The summed E-state index contributed by atoms with van der Waals surface area (Å²) in [6, 6.07) is 10.1. The largest absolute Gasteiger partial charge is 0.493 e. The maximum Gasteiger partial charge on any atom is 0.168 e. The first-order valence-electron chi connectivity index (χ1n) is 14.5. The molecule has 0 spiro atoms. The second-order valence-corrected chi connectivity index (χ2v) is 10.5. The van der Waals surface area contributed by atoms with Crippen LogP contribution in [0, 0.1) is 0 Å². The van der Waals surface area contributed by atoms with Crippen LogP contribution in [0.4, 0.5) is 17.2 Å². The quantitative estimate of drug-likeness (QED) is 0.161. The lowest BCUT2D eigenvalue weighted by molar-refractivity contribution is 0.0358. The molecule has 11 nitrogen and oxygen atoms in total. The number of hydrogen-bond acceptors (Lipinski definition) is 10. The van der Waals surface area contributed by atoms with Crippen molar-refractivity contribution in [2.24, 2.45) is 10.7 Å². The maximum absolute atomic E-state index is 6.28. The first-order chi connectivity index (χ1) is 20.0. The summed E-state index contributed by atoms with van der Waals surface area (Å²) < 4.78 is 17.5. The molecule has 5 rings (SSSR count). The number of ether oxygens (including phenoxy) is 3. The van der Waals surface area contributed by atoms with Crippen molar-refractivity contribution in [3.63, 3.8) is 0 Å². The fourth-order valence-corrected chi connectivity index (χ4v) is 5.02. The average Bonchev–Trinajstić information content (AvgIpc) is 3.48. The fraction of sp³-hybridized carbons (Fsp3) is 0.500. The number of benzene rings is 2. The van der Waals surface area contributed by atoms with Gasteiger partial charge >= 0.3 is 0 Å². The van der Waals surface area contributed by atoms with Crippen LogP contribution in [0.15, 0.2) is 41.7 Å². The molecule has 2 aliphatic rings. The van der Waals surface area contributed by atoms with Crippen molar-refractivity contribution in [2.45, 2.75) is 39.3 Å². The lowest BCUT2D eigenvalue weighted by Crippen LogP contribution is -2.40. The molecule has 0 aliphatic carbocycles. The van der Waals surface area contributed by atoms with Crippen LogP contribution in [0.1, 0.15) is 32.3 Å². The van der Waals surface area contributed by atoms with E-state index in [1.54, 1.807) is 6.33 Å². The molecule has 3 aromatic rings. The number of nitrogens with one attached hydrogen (secondary N) is 2. The predicted molar refractivity (Wildman–Crippen MR) is 163 cm³/mol. The molecule has 3 heterocycles. The van der Waals surface area contributed by atoms with Gasteiger partial charge in [0, 0.05) is 44.2 Å². The number of amidine groups is 1. The molecule has 0 amide bonds. The highest BCUT2D eigenvalue weighted by Gasteiger charge is 2.23. The summed E-state index contributed by atoms with van der Waals surface area (Å²) >= 11 is 0. The molecule has 0 radical (unpaired) electrons. The number of likely N-dealkylation sites (N-methyl/N-ethyl adjacent to an activating group) is 1. The van der Waals surface area contributed by atoms with Gasteiger partial charge in [0.25, 0.3) is 0 Å². The Labute approximate surface area is 242 Å². The van der Waals surface area contributed by atoms with E-state index >= 15 is 0 Å². The minimum atomic E-state index is -0.00568. The number of aliphatic imine (C=N–C) groups is 1. The van der Waals surface area contributed by atoms with Crippen molar-refractivity contribution >= 4 is 33.9 Å². The molecule has 1 unspecified atom stereocenters. The molecule has 220 valence electrons. The molecular weight excluding hydrogens is 520 g/mol. The Kier molecular flexibility index (Phi) is 9.71. The van der Waals surface area contributed by atoms with Crippen LogP contribution in [0.25, 0.3) is 10.9 Å². The Morgan fingerprint density at radius 3 is 2.93 bits per heavy atom. The van der Waals surface area contributed by atoms with Crippen LogP contribution in [-0.4, -0.2) is 91.4 Å². The first-order valence-corrected chi connectivity index (χ1v) is 14.5. The van der Waals surface area contributed by atoms with Gasteiger partial charge in [0.15, 0.2) is 12.5 Å². The second-order valence-electron chi connectivity index (χ2n) is 10.5. The van der Waals surface area contributed by atoms with Gasteiger partial charge in [-0.05, 0) is 50.6 Å². The van der Waals surface area contributed by atoms with Gasteiger partial charge in [0.2, 0.25) is 0 Å². The number of fused-ring (bicyclic) bond motifs is 2. The third-order valence-corrected chi connectivity index (χ3v) is 7.59. The lowest BCUT2D eigenvalue weighted by atomic mass is 10.1. The van der Waals surface area contributed by atoms with Gasteiger partial charge in [-0.2, -0.15) is 0 Å². The molecule has 11 heteroatoms. The summed E-state index contributed by atoms with van der Waals surface area (Å²) in [7, 11) is 2.05. The number of rotatable bonds is 13. The highest BCUT2D eigenvalue weighted by Crippen LogP contribution is 2.42. The lowest BCUT2D eigenvalue weighted by Gasteiger charge is -2.26. The van der Waals surface area contributed by atoms with Gasteiger partial charge in [-0.25, -0.2) is 9.97 Å². The third-order valence-electron chi connectivity index (χ3n) is 7.59. The monoisotopic (exact) mass is 562 g/mol. The first kappa shape index (κ1) is 28.8.